The van der Waals surface area contributed by atoms with Gasteiger partial charge in [0.2, 0.25) is 0 Å². The number of carbonyl (C=O) groups is 1. The van der Waals surface area contributed by atoms with Crippen LogP contribution in [0.3, 0.4) is 0 Å². The summed E-state index contributed by atoms with van der Waals surface area (Å²) >= 11 is 5.93. The number of hydrogen-bond donors (Lipinski definition) is 2. The van der Waals surface area contributed by atoms with Crippen LogP contribution in [-0.2, 0) is 0 Å². The highest BCUT2D eigenvalue weighted by atomic mass is 35.5. The highest BCUT2D eigenvalue weighted by Crippen LogP contribution is 2.31. The molecule has 4 nitrogen and oxygen atoms in total. The van der Waals surface area contributed by atoms with E-state index in [1.807, 2.05) is 19.1 Å². The van der Waals surface area contributed by atoms with Crippen LogP contribution in [0.1, 0.15) is 23.7 Å². The summed E-state index contributed by atoms with van der Waals surface area (Å²) in [7, 11) is 1.60. The molecule has 0 saturated heterocycles. The van der Waals surface area contributed by atoms with Gasteiger partial charge in [0.1, 0.15) is 5.75 Å². The third-order valence-electron chi connectivity index (χ3n) is 3.56. The van der Waals surface area contributed by atoms with Crippen molar-refractivity contribution in [1.29, 1.82) is 0 Å². The van der Waals surface area contributed by atoms with Crippen molar-refractivity contribution in [2.75, 3.05) is 13.7 Å². The van der Waals surface area contributed by atoms with E-state index < -0.39 is 0 Å². The fourth-order valence-corrected chi connectivity index (χ4v) is 2.40. The molecule has 2 rings (SSSR count). The molecule has 0 radical (unpaired) electrons. The summed E-state index contributed by atoms with van der Waals surface area (Å²) in [6, 6.07) is 12.6. The number of nitrogens with one attached hydrogen (secondary N) is 1. The normalized spacial score (nSPS) is 11.8. The Labute approximate surface area is 141 Å². The van der Waals surface area contributed by atoms with Crippen molar-refractivity contribution in [1.82, 2.24) is 5.32 Å². The number of methoxy groups -OCH3 is 1. The van der Waals surface area contributed by atoms with E-state index >= 15 is 0 Å². The Kier molecular flexibility index (Phi) is 6.02. The Morgan fingerprint density at radius 1 is 1.26 bits per heavy atom. The number of aliphatic hydroxyl groups excluding tert-OH is 1. The molecule has 1 atom stereocenters. The van der Waals surface area contributed by atoms with E-state index in [1.165, 1.54) is 0 Å². The van der Waals surface area contributed by atoms with Crippen molar-refractivity contribution in [2.24, 2.45) is 0 Å². The zero-order valence-electron chi connectivity index (χ0n) is 13.2. The first kappa shape index (κ1) is 17.3. The van der Waals surface area contributed by atoms with Crippen LogP contribution in [-0.4, -0.2) is 30.8 Å². The number of benzene rings is 2. The summed E-state index contributed by atoms with van der Waals surface area (Å²) < 4.78 is 5.39. The molecule has 0 aromatic heterocycles. The first-order valence-corrected chi connectivity index (χ1v) is 7.78. The largest absolute Gasteiger partial charge is 0.496 e. The van der Waals surface area contributed by atoms with Gasteiger partial charge in [-0.3, -0.25) is 4.79 Å². The topological polar surface area (TPSA) is 58.6 Å². The van der Waals surface area contributed by atoms with Crippen LogP contribution in [0.4, 0.5) is 0 Å². The molecule has 0 aliphatic rings. The molecule has 122 valence electrons. The number of rotatable bonds is 6. The molecular weight excluding hydrogens is 314 g/mol. The molecule has 5 heteroatoms. The SMILES string of the molecule is COc1ccc(C(=O)NC(C)CCO)cc1-c1ccc(Cl)cc1. The zero-order valence-corrected chi connectivity index (χ0v) is 13.9. The van der Waals surface area contributed by atoms with Crippen molar-refractivity contribution < 1.29 is 14.6 Å². The summed E-state index contributed by atoms with van der Waals surface area (Å²) in [6.07, 6.45) is 0.520. The number of carbonyl (C=O) groups excluding carboxylic acids is 1. The minimum Gasteiger partial charge on any atom is -0.496 e. The molecule has 0 saturated carbocycles. The lowest BCUT2D eigenvalue weighted by molar-refractivity contribution is 0.0934. The Morgan fingerprint density at radius 2 is 1.96 bits per heavy atom. The quantitative estimate of drug-likeness (QED) is 0.850. The van der Waals surface area contributed by atoms with Gasteiger partial charge >= 0.3 is 0 Å². The second-order valence-electron chi connectivity index (χ2n) is 5.31. The van der Waals surface area contributed by atoms with E-state index in [0.29, 0.717) is 22.8 Å². The maximum Gasteiger partial charge on any atom is 0.251 e. The van der Waals surface area contributed by atoms with E-state index in [4.69, 9.17) is 21.4 Å². The summed E-state index contributed by atoms with van der Waals surface area (Å²) in [5, 5.41) is 12.4. The Hall–Kier alpha value is -2.04. The molecule has 0 spiro atoms. The van der Waals surface area contributed by atoms with Gasteiger partial charge in [0.05, 0.1) is 7.11 Å². The smallest absolute Gasteiger partial charge is 0.251 e. The van der Waals surface area contributed by atoms with Crippen molar-refractivity contribution in [3.63, 3.8) is 0 Å². The lowest BCUT2D eigenvalue weighted by atomic mass is 10.0. The Morgan fingerprint density at radius 3 is 2.57 bits per heavy atom. The van der Waals surface area contributed by atoms with Crippen LogP contribution in [0, 0.1) is 0 Å². The second kappa shape index (κ2) is 7.99. The second-order valence-corrected chi connectivity index (χ2v) is 5.75. The van der Waals surface area contributed by atoms with Gasteiger partial charge in [0.25, 0.3) is 5.91 Å². The Balaban J connectivity index is 2.31. The van der Waals surface area contributed by atoms with E-state index in [9.17, 15) is 4.79 Å². The van der Waals surface area contributed by atoms with E-state index in [-0.39, 0.29) is 18.6 Å². The standard InChI is InChI=1S/C18H20ClNO3/c1-12(9-10-21)20-18(22)14-5-8-17(23-2)16(11-14)13-3-6-15(19)7-4-13/h3-8,11-12,21H,9-10H2,1-2H3,(H,20,22). The highest BCUT2D eigenvalue weighted by Gasteiger charge is 2.13. The lowest BCUT2D eigenvalue weighted by Gasteiger charge is -2.14. The van der Waals surface area contributed by atoms with E-state index in [1.54, 1.807) is 37.4 Å². The third kappa shape index (κ3) is 4.47. The van der Waals surface area contributed by atoms with Crippen LogP contribution in [0.25, 0.3) is 11.1 Å². The number of ether oxygens (including phenoxy) is 1. The van der Waals surface area contributed by atoms with Gasteiger partial charge in [-0.2, -0.15) is 0 Å². The molecule has 0 bridgehead atoms. The van der Waals surface area contributed by atoms with Crippen LogP contribution in [0.2, 0.25) is 5.02 Å². The summed E-state index contributed by atoms with van der Waals surface area (Å²) in [5.41, 5.74) is 2.29. The Bertz CT molecular complexity index is 670. The number of aliphatic hydroxyl groups is 1. The lowest BCUT2D eigenvalue weighted by Crippen LogP contribution is -2.33. The first-order chi connectivity index (χ1) is 11.0. The van der Waals surface area contributed by atoms with Crippen molar-refractivity contribution in [2.45, 2.75) is 19.4 Å². The molecule has 2 aromatic rings. The van der Waals surface area contributed by atoms with Gasteiger partial charge in [-0.05, 0) is 49.2 Å². The van der Waals surface area contributed by atoms with Crippen LogP contribution < -0.4 is 10.1 Å². The van der Waals surface area contributed by atoms with Gasteiger partial charge in [-0.1, -0.05) is 23.7 Å². The van der Waals surface area contributed by atoms with E-state index in [2.05, 4.69) is 5.32 Å². The molecule has 1 unspecified atom stereocenters. The van der Waals surface area contributed by atoms with Gasteiger partial charge in [0.15, 0.2) is 0 Å². The molecule has 0 aliphatic heterocycles. The molecule has 0 fully saturated rings. The monoisotopic (exact) mass is 333 g/mol. The molecule has 0 heterocycles. The summed E-state index contributed by atoms with van der Waals surface area (Å²) in [5.74, 6) is 0.510. The zero-order chi connectivity index (χ0) is 16.8. The average molecular weight is 334 g/mol. The summed E-state index contributed by atoms with van der Waals surface area (Å²) in [6.45, 7) is 1.90. The van der Waals surface area contributed by atoms with E-state index in [0.717, 1.165) is 11.1 Å². The van der Waals surface area contributed by atoms with Crippen LogP contribution in [0.15, 0.2) is 42.5 Å². The van der Waals surface area contributed by atoms with Gasteiger partial charge in [-0.25, -0.2) is 0 Å². The molecule has 2 N–H and O–H groups in total. The van der Waals surface area contributed by atoms with Gasteiger partial charge in [0, 0.05) is 28.8 Å². The predicted octanol–water partition coefficient (Wildman–Crippen LogP) is 3.52. The fourth-order valence-electron chi connectivity index (χ4n) is 2.28. The average Bonchev–Trinajstić information content (AvgIpc) is 2.55. The number of amides is 1. The van der Waals surface area contributed by atoms with Crippen LogP contribution in [0.5, 0.6) is 5.75 Å². The number of halogens is 1. The molecule has 2 aromatic carbocycles. The first-order valence-electron chi connectivity index (χ1n) is 7.41. The minimum atomic E-state index is -0.177. The molecule has 0 aliphatic carbocycles. The van der Waals surface area contributed by atoms with Crippen LogP contribution >= 0.6 is 11.6 Å². The van der Waals surface area contributed by atoms with Crippen molar-refractivity contribution in [3.05, 3.63) is 53.1 Å². The molecular formula is C18H20ClNO3. The maximum atomic E-state index is 12.3. The van der Waals surface area contributed by atoms with Crippen molar-refractivity contribution >= 4 is 17.5 Å². The van der Waals surface area contributed by atoms with Gasteiger partial charge in [-0.15, -0.1) is 0 Å². The third-order valence-corrected chi connectivity index (χ3v) is 3.81. The predicted molar refractivity (Wildman–Crippen MR) is 92.1 cm³/mol. The molecule has 1 amide bonds. The molecule has 23 heavy (non-hydrogen) atoms. The maximum absolute atomic E-state index is 12.3. The number of hydrogen-bond acceptors (Lipinski definition) is 3. The van der Waals surface area contributed by atoms with Gasteiger partial charge < -0.3 is 15.2 Å². The summed E-state index contributed by atoms with van der Waals surface area (Å²) in [4.78, 5) is 12.3. The highest BCUT2D eigenvalue weighted by molar-refractivity contribution is 6.30. The fraction of sp³-hybridized carbons (Fsp3) is 0.278. The minimum absolute atomic E-state index is 0.0417. The van der Waals surface area contributed by atoms with Crippen molar-refractivity contribution in [3.8, 4) is 16.9 Å².